The number of likely N-dealkylation sites (N-methyl/N-ethyl adjacent to an activating group) is 1. The van der Waals surface area contributed by atoms with E-state index in [1.165, 1.54) is 97.0 Å². The Bertz CT molecular complexity index is 510. The fourth-order valence-corrected chi connectivity index (χ4v) is 5.57. The Labute approximate surface area is 217 Å². The van der Waals surface area contributed by atoms with E-state index in [-0.39, 0.29) is 13.2 Å². The SMILES string of the molecule is CCCCCCCCCCCCCCCCCCOC(C[N+](C)(C)C)P(=O)([O-])OC[C@@H](CO)OC. The molecule has 0 heterocycles. The molecule has 7 nitrogen and oxygen atoms in total. The molecular weight excluding hydrogens is 465 g/mol. The van der Waals surface area contributed by atoms with Crippen LogP contribution in [0.1, 0.15) is 110 Å². The molecule has 0 saturated heterocycles. The van der Waals surface area contributed by atoms with Crippen LogP contribution in [0.25, 0.3) is 0 Å². The summed E-state index contributed by atoms with van der Waals surface area (Å²) in [5.74, 6) is -1.00. The monoisotopic (exact) mass is 523 g/mol. The van der Waals surface area contributed by atoms with Gasteiger partial charge in [0.25, 0.3) is 0 Å². The van der Waals surface area contributed by atoms with Crippen LogP contribution >= 0.6 is 7.60 Å². The van der Waals surface area contributed by atoms with E-state index >= 15 is 0 Å². The molecule has 0 radical (unpaired) electrons. The van der Waals surface area contributed by atoms with E-state index in [0.29, 0.717) is 17.6 Å². The highest BCUT2D eigenvalue weighted by atomic mass is 31.2. The first-order valence-electron chi connectivity index (χ1n) is 14.2. The summed E-state index contributed by atoms with van der Waals surface area (Å²) in [5.41, 5.74) is 0. The minimum absolute atomic E-state index is 0.205. The Hall–Kier alpha value is -0.0100. The van der Waals surface area contributed by atoms with Crippen molar-refractivity contribution in [3.8, 4) is 0 Å². The number of hydrogen-bond donors (Lipinski definition) is 1. The van der Waals surface area contributed by atoms with Gasteiger partial charge in [-0.15, -0.1) is 0 Å². The second kappa shape index (κ2) is 22.0. The van der Waals surface area contributed by atoms with Gasteiger partial charge in [0.15, 0.2) is 13.4 Å². The summed E-state index contributed by atoms with van der Waals surface area (Å²) in [6, 6.07) is 0. The number of nitrogens with zero attached hydrogens (tertiary/aromatic N) is 1. The fraction of sp³-hybridized carbons (Fsp3) is 1.00. The highest BCUT2D eigenvalue weighted by Gasteiger charge is 2.30. The average molecular weight is 524 g/mol. The van der Waals surface area contributed by atoms with Crippen LogP contribution in [0.3, 0.4) is 0 Å². The molecular formula is C27H58NO6P. The highest BCUT2D eigenvalue weighted by Crippen LogP contribution is 2.44. The average Bonchev–Trinajstić information content (AvgIpc) is 2.80. The molecule has 0 aliphatic rings. The summed E-state index contributed by atoms with van der Waals surface area (Å²) in [7, 11) is 2.95. The van der Waals surface area contributed by atoms with Crippen molar-refractivity contribution < 1.29 is 33.0 Å². The molecule has 0 amide bonds. The van der Waals surface area contributed by atoms with E-state index < -0.39 is 19.5 Å². The van der Waals surface area contributed by atoms with Gasteiger partial charge in [0, 0.05) is 13.7 Å². The lowest BCUT2D eigenvalue weighted by Gasteiger charge is -2.36. The number of rotatable bonds is 26. The van der Waals surface area contributed by atoms with Crippen LogP contribution in [0.4, 0.5) is 0 Å². The van der Waals surface area contributed by atoms with E-state index in [1.807, 2.05) is 21.1 Å². The maximum Gasteiger partial charge on any atom is 0.169 e. The Balaban J connectivity index is 3.89. The summed E-state index contributed by atoms with van der Waals surface area (Å²) in [6.45, 7) is 2.48. The van der Waals surface area contributed by atoms with Crippen molar-refractivity contribution in [1.82, 2.24) is 0 Å². The van der Waals surface area contributed by atoms with Crippen LogP contribution in [0.15, 0.2) is 0 Å². The summed E-state index contributed by atoms with van der Waals surface area (Å²) in [4.78, 5) is 12.7. The zero-order valence-electron chi connectivity index (χ0n) is 23.7. The van der Waals surface area contributed by atoms with Crippen molar-refractivity contribution in [2.45, 2.75) is 122 Å². The molecule has 0 saturated carbocycles. The second-order valence-electron chi connectivity index (χ2n) is 11.0. The van der Waals surface area contributed by atoms with Crippen molar-refractivity contribution in [3.05, 3.63) is 0 Å². The number of hydrogen-bond acceptors (Lipinski definition) is 6. The number of ether oxygens (including phenoxy) is 2. The lowest BCUT2D eigenvalue weighted by atomic mass is 10.0. The van der Waals surface area contributed by atoms with Gasteiger partial charge < -0.3 is 33.0 Å². The standard InChI is InChI=1S/C27H58NO6P/c1-6-7-8-9-10-11-12-13-14-15-16-17-18-19-20-21-22-33-27(23-28(2,3)4)35(30,31)34-25-26(24-29)32-5/h26-27,29H,6-25H2,1-5H3/t26-,27?/m1/s1. The van der Waals surface area contributed by atoms with Gasteiger partial charge in [-0.25, -0.2) is 0 Å². The summed E-state index contributed by atoms with van der Waals surface area (Å²) >= 11 is 0. The Kier molecular flexibility index (Phi) is 22.0. The van der Waals surface area contributed by atoms with Gasteiger partial charge in [0.05, 0.1) is 34.4 Å². The van der Waals surface area contributed by atoms with Crippen LogP contribution < -0.4 is 4.89 Å². The molecule has 212 valence electrons. The summed E-state index contributed by atoms with van der Waals surface area (Å²) in [6.07, 6.45) is 20.1. The van der Waals surface area contributed by atoms with Crippen LogP contribution in [0.2, 0.25) is 0 Å². The maximum atomic E-state index is 12.7. The molecule has 35 heavy (non-hydrogen) atoms. The lowest BCUT2D eigenvalue weighted by Crippen LogP contribution is -2.44. The molecule has 3 atom stereocenters. The first-order valence-corrected chi connectivity index (χ1v) is 15.8. The van der Waals surface area contributed by atoms with E-state index in [2.05, 4.69) is 6.92 Å². The van der Waals surface area contributed by atoms with Gasteiger partial charge in [-0.3, -0.25) is 0 Å². The molecule has 0 fully saturated rings. The van der Waals surface area contributed by atoms with Crippen molar-refractivity contribution in [3.63, 3.8) is 0 Å². The Morgan fingerprint density at radius 3 is 1.60 bits per heavy atom. The van der Waals surface area contributed by atoms with Crippen LogP contribution in [-0.4, -0.2) is 76.2 Å². The van der Waals surface area contributed by atoms with E-state index in [9.17, 15) is 14.6 Å². The quantitative estimate of drug-likeness (QED) is 0.0866. The van der Waals surface area contributed by atoms with Crippen molar-refractivity contribution >= 4 is 7.60 Å². The third-order valence-electron chi connectivity index (χ3n) is 6.34. The minimum atomic E-state index is -4.25. The van der Waals surface area contributed by atoms with E-state index in [4.69, 9.17) is 14.0 Å². The molecule has 0 spiro atoms. The molecule has 2 unspecified atom stereocenters. The predicted octanol–water partition coefficient (Wildman–Crippen LogP) is 5.87. The van der Waals surface area contributed by atoms with Crippen LogP contribution in [0, 0.1) is 0 Å². The van der Waals surface area contributed by atoms with Gasteiger partial charge >= 0.3 is 0 Å². The van der Waals surface area contributed by atoms with E-state index in [1.54, 1.807) is 0 Å². The third-order valence-corrected chi connectivity index (χ3v) is 7.87. The molecule has 0 aliphatic carbocycles. The molecule has 0 aliphatic heterocycles. The minimum Gasteiger partial charge on any atom is -0.777 e. The van der Waals surface area contributed by atoms with Gasteiger partial charge in [-0.1, -0.05) is 103 Å². The Morgan fingerprint density at radius 1 is 0.800 bits per heavy atom. The zero-order chi connectivity index (χ0) is 26.4. The smallest absolute Gasteiger partial charge is 0.169 e. The lowest BCUT2D eigenvalue weighted by molar-refractivity contribution is -0.872. The number of quaternary nitrogens is 1. The number of unbranched alkanes of at least 4 members (excludes halogenated alkanes) is 15. The maximum absolute atomic E-state index is 12.7. The molecule has 0 aromatic carbocycles. The highest BCUT2D eigenvalue weighted by molar-refractivity contribution is 7.52. The third kappa shape index (κ3) is 21.8. The zero-order valence-corrected chi connectivity index (χ0v) is 24.6. The van der Waals surface area contributed by atoms with E-state index in [0.717, 1.165) is 12.8 Å². The predicted molar refractivity (Wildman–Crippen MR) is 144 cm³/mol. The van der Waals surface area contributed by atoms with Gasteiger partial charge in [-0.2, -0.15) is 0 Å². The molecule has 1 N–H and O–H groups in total. The van der Waals surface area contributed by atoms with Gasteiger partial charge in [-0.05, 0) is 6.42 Å². The molecule has 8 heteroatoms. The van der Waals surface area contributed by atoms with Crippen LogP contribution in [-0.2, 0) is 18.6 Å². The summed E-state index contributed by atoms with van der Waals surface area (Å²) in [5, 5.41) is 9.18. The number of aliphatic hydroxyl groups excluding tert-OH is 1. The second-order valence-corrected chi connectivity index (χ2v) is 12.9. The molecule has 0 rings (SSSR count). The van der Waals surface area contributed by atoms with Crippen molar-refractivity contribution in [1.29, 1.82) is 0 Å². The molecule has 0 aromatic heterocycles. The first-order chi connectivity index (χ1) is 16.7. The normalized spacial score (nSPS) is 15.7. The first kappa shape index (κ1) is 35.0. The Morgan fingerprint density at radius 2 is 1.23 bits per heavy atom. The largest absolute Gasteiger partial charge is 0.777 e. The fourth-order valence-electron chi connectivity index (χ4n) is 4.05. The van der Waals surface area contributed by atoms with Crippen molar-refractivity contribution in [2.75, 3.05) is 54.6 Å². The molecule has 0 aromatic rings. The van der Waals surface area contributed by atoms with Gasteiger partial charge in [0.2, 0.25) is 0 Å². The number of methoxy groups -OCH3 is 1. The number of aliphatic hydroxyl groups is 1. The molecule has 0 bridgehead atoms. The van der Waals surface area contributed by atoms with Gasteiger partial charge in [0.1, 0.15) is 12.6 Å². The summed E-state index contributed by atoms with van der Waals surface area (Å²) < 4.78 is 29.1. The van der Waals surface area contributed by atoms with Crippen molar-refractivity contribution in [2.24, 2.45) is 0 Å². The van der Waals surface area contributed by atoms with Crippen LogP contribution in [0.5, 0.6) is 0 Å². The topological polar surface area (TPSA) is 88.1 Å².